The summed E-state index contributed by atoms with van der Waals surface area (Å²) in [5.41, 5.74) is 1.40. The fourth-order valence-corrected chi connectivity index (χ4v) is 2.58. The minimum Gasteiger partial charge on any atom is -0.371 e. The van der Waals surface area contributed by atoms with E-state index in [1.54, 1.807) is 0 Å². The van der Waals surface area contributed by atoms with Crippen molar-refractivity contribution < 1.29 is 0 Å². The lowest BCUT2D eigenvalue weighted by atomic mass is 9.93. The lowest BCUT2D eigenvalue weighted by Gasteiger charge is -2.34. The van der Waals surface area contributed by atoms with Crippen LogP contribution in [-0.4, -0.2) is 13.1 Å². The molecule has 0 aliphatic carbocycles. The van der Waals surface area contributed by atoms with Crippen LogP contribution in [0.3, 0.4) is 0 Å². The van der Waals surface area contributed by atoms with Gasteiger partial charge < -0.3 is 4.90 Å². The maximum Gasteiger partial charge on any atom is 0.0366 e. The molecule has 1 aromatic carbocycles. The molecule has 1 heteroatoms. The van der Waals surface area contributed by atoms with Crippen LogP contribution < -0.4 is 4.90 Å². The van der Waals surface area contributed by atoms with E-state index in [1.807, 2.05) is 0 Å². The van der Waals surface area contributed by atoms with Gasteiger partial charge in [-0.25, -0.2) is 0 Å². The second-order valence-corrected chi connectivity index (χ2v) is 4.58. The monoisotopic (exact) mass is 203 g/mol. The fourth-order valence-electron chi connectivity index (χ4n) is 2.58. The summed E-state index contributed by atoms with van der Waals surface area (Å²) in [6, 6.07) is 10.8. The molecule has 0 aromatic heterocycles. The van der Waals surface area contributed by atoms with Gasteiger partial charge in [-0.2, -0.15) is 0 Å². The van der Waals surface area contributed by atoms with Crippen LogP contribution in [0.1, 0.15) is 32.6 Å². The average Bonchev–Trinajstić information content (AvgIpc) is 2.31. The Morgan fingerprint density at radius 2 is 2.07 bits per heavy atom. The second kappa shape index (κ2) is 5.20. The molecule has 1 aliphatic heterocycles. The Balaban J connectivity index is 1.98. The first kappa shape index (κ1) is 10.5. The highest BCUT2D eigenvalue weighted by Gasteiger charge is 2.18. The van der Waals surface area contributed by atoms with E-state index in [9.17, 15) is 0 Å². The standard InChI is InChI=1S/C14H21N/c1-2-7-13-8-6-11-15(12-13)14-9-4-3-5-10-14/h3-5,9-10,13H,2,6-8,11-12H2,1H3. The third-order valence-corrected chi connectivity index (χ3v) is 3.34. The first-order valence-corrected chi connectivity index (χ1v) is 6.20. The van der Waals surface area contributed by atoms with Crippen LogP contribution in [0.25, 0.3) is 0 Å². The van der Waals surface area contributed by atoms with Crippen LogP contribution in [0.2, 0.25) is 0 Å². The lowest BCUT2D eigenvalue weighted by Crippen LogP contribution is -2.35. The van der Waals surface area contributed by atoms with E-state index < -0.39 is 0 Å². The Bertz CT molecular complexity index is 279. The topological polar surface area (TPSA) is 3.24 Å². The predicted octanol–water partition coefficient (Wildman–Crippen LogP) is 3.70. The summed E-state index contributed by atoms with van der Waals surface area (Å²) in [5, 5.41) is 0. The summed E-state index contributed by atoms with van der Waals surface area (Å²) < 4.78 is 0. The van der Waals surface area contributed by atoms with Crippen LogP contribution in [0.15, 0.2) is 30.3 Å². The molecular weight excluding hydrogens is 182 g/mol. The molecule has 2 rings (SSSR count). The van der Waals surface area contributed by atoms with Gasteiger partial charge in [0.25, 0.3) is 0 Å². The van der Waals surface area contributed by atoms with E-state index in [2.05, 4.69) is 42.2 Å². The third-order valence-electron chi connectivity index (χ3n) is 3.34. The molecule has 0 saturated carbocycles. The molecule has 15 heavy (non-hydrogen) atoms. The van der Waals surface area contributed by atoms with Gasteiger partial charge >= 0.3 is 0 Å². The molecule has 1 aliphatic rings. The summed E-state index contributed by atoms with van der Waals surface area (Å²) in [6.07, 6.45) is 5.51. The van der Waals surface area contributed by atoms with Crippen LogP contribution in [-0.2, 0) is 0 Å². The van der Waals surface area contributed by atoms with E-state index in [-0.39, 0.29) is 0 Å². The van der Waals surface area contributed by atoms with Gasteiger partial charge in [0.05, 0.1) is 0 Å². The Hall–Kier alpha value is -0.980. The van der Waals surface area contributed by atoms with E-state index in [0.717, 1.165) is 5.92 Å². The Morgan fingerprint density at radius 1 is 1.27 bits per heavy atom. The zero-order valence-corrected chi connectivity index (χ0v) is 9.65. The molecule has 82 valence electrons. The number of benzene rings is 1. The van der Waals surface area contributed by atoms with Gasteiger partial charge in [0.2, 0.25) is 0 Å². The largest absolute Gasteiger partial charge is 0.371 e. The fraction of sp³-hybridized carbons (Fsp3) is 0.571. The normalized spacial score (nSPS) is 21.7. The summed E-state index contributed by atoms with van der Waals surface area (Å²) in [7, 11) is 0. The molecule has 0 radical (unpaired) electrons. The molecule has 1 heterocycles. The Kier molecular flexibility index (Phi) is 3.65. The van der Waals surface area contributed by atoms with E-state index in [0.29, 0.717) is 0 Å². The van der Waals surface area contributed by atoms with E-state index in [4.69, 9.17) is 0 Å². The van der Waals surface area contributed by atoms with Gasteiger partial charge in [0.15, 0.2) is 0 Å². The molecule has 0 bridgehead atoms. The minimum absolute atomic E-state index is 0.920. The van der Waals surface area contributed by atoms with Crippen LogP contribution in [0.5, 0.6) is 0 Å². The molecule has 1 aromatic rings. The number of piperidine rings is 1. The van der Waals surface area contributed by atoms with Gasteiger partial charge in [0.1, 0.15) is 0 Å². The van der Waals surface area contributed by atoms with Gasteiger partial charge in [-0.15, -0.1) is 0 Å². The van der Waals surface area contributed by atoms with Crippen LogP contribution >= 0.6 is 0 Å². The maximum absolute atomic E-state index is 2.55. The highest BCUT2D eigenvalue weighted by atomic mass is 15.1. The zero-order valence-electron chi connectivity index (χ0n) is 9.65. The first-order valence-electron chi connectivity index (χ1n) is 6.20. The summed E-state index contributed by atoms with van der Waals surface area (Å²) in [4.78, 5) is 2.55. The lowest BCUT2D eigenvalue weighted by molar-refractivity contribution is 0.388. The molecule has 0 N–H and O–H groups in total. The highest BCUT2D eigenvalue weighted by Crippen LogP contribution is 2.25. The van der Waals surface area contributed by atoms with Crippen molar-refractivity contribution in [3.63, 3.8) is 0 Å². The van der Waals surface area contributed by atoms with Crippen LogP contribution in [0.4, 0.5) is 5.69 Å². The zero-order chi connectivity index (χ0) is 10.5. The number of hydrogen-bond donors (Lipinski definition) is 0. The molecule has 0 amide bonds. The number of para-hydroxylation sites is 1. The number of rotatable bonds is 3. The van der Waals surface area contributed by atoms with Crippen molar-refractivity contribution in [1.29, 1.82) is 0 Å². The molecule has 1 atom stereocenters. The number of hydrogen-bond acceptors (Lipinski definition) is 1. The molecule has 1 saturated heterocycles. The Labute approximate surface area is 93.1 Å². The smallest absolute Gasteiger partial charge is 0.0366 e. The van der Waals surface area contributed by atoms with Crippen molar-refractivity contribution in [2.24, 2.45) is 5.92 Å². The van der Waals surface area contributed by atoms with Crippen molar-refractivity contribution in [2.45, 2.75) is 32.6 Å². The number of nitrogens with zero attached hydrogens (tertiary/aromatic N) is 1. The van der Waals surface area contributed by atoms with Crippen molar-refractivity contribution in [2.75, 3.05) is 18.0 Å². The van der Waals surface area contributed by atoms with Crippen molar-refractivity contribution in [3.8, 4) is 0 Å². The molecular formula is C14H21N. The van der Waals surface area contributed by atoms with Crippen molar-refractivity contribution in [3.05, 3.63) is 30.3 Å². The maximum atomic E-state index is 2.55. The van der Waals surface area contributed by atoms with Gasteiger partial charge in [-0.05, 0) is 37.3 Å². The highest BCUT2D eigenvalue weighted by molar-refractivity contribution is 5.46. The average molecular weight is 203 g/mol. The minimum atomic E-state index is 0.920. The number of anilines is 1. The Morgan fingerprint density at radius 3 is 2.80 bits per heavy atom. The first-order chi connectivity index (χ1) is 7.40. The molecule has 1 nitrogen and oxygen atoms in total. The second-order valence-electron chi connectivity index (χ2n) is 4.58. The van der Waals surface area contributed by atoms with Gasteiger partial charge in [-0.3, -0.25) is 0 Å². The molecule has 0 spiro atoms. The SMILES string of the molecule is CCCC1CCCN(c2ccccc2)C1. The molecule has 1 fully saturated rings. The quantitative estimate of drug-likeness (QED) is 0.724. The van der Waals surface area contributed by atoms with Gasteiger partial charge in [-0.1, -0.05) is 31.5 Å². The van der Waals surface area contributed by atoms with E-state index in [1.165, 1.54) is 44.5 Å². The van der Waals surface area contributed by atoms with Crippen LogP contribution in [0, 0.1) is 5.92 Å². The summed E-state index contributed by atoms with van der Waals surface area (Å²) >= 11 is 0. The predicted molar refractivity (Wildman–Crippen MR) is 66.3 cm³/mol. The van der Waals surface area contributed by atoms with Gasteiger partial charge in [0, 0.05) is 18.8 Å². The molecule has 1 unspecified atom stereocenters. The van der Waals surface area contributed by atoms with E-state index >= 15 is 0 Å². The third kappa shape index (κ3) is 2.74. The van der Waals surface area contributed by atoms with Crippen molar-refractivity contribution in [1.82, 2.24) is 0 Å². The summed E-state index contributed by atoms with van der Waals surface area (Å²) in [6.45, 7) is 4.80. The van der Waals surface area contributed by atoms with Crippen molar-refractivity contribution >= 4 is 5.69 Å². The summed E-state index contributed by atoms with van der Waals surface area (Å²) in [5.74, 6) is 0.920.